The summed E-state index contributed by atoms with van der Waals surface area (Å²) in [4.78, 5) is 13.7. The minimum absolute atomic E-state index is 0.143. The Hall–Kier alpha value is -1.43. The van der Waals surface area contributed by atoms with Crippen LogP contribution in [0.2, 0.25) is 0 Å². The van der Waals surface area contributed by atoms with Crippen LogP contribution in [-0.4, -0.2) is 48.5 Å². The fraction of sp³-hybridized carbons (Fsp3) is 0.588. The highest BCUT2D eigenvalue weighted by Crippen LogP contribution is 2.09. The van der Waals surface area contributed by atoms with E-state index >= 15 is 0 Å². The van der Waals surface area contributed by atoms with Gasteiger partial charge in [-0.3, -0.25) is 9.69 Å². The normalized spacial score (nSPS) is 19.0. The topological polar surface area (TPSA) is 59.0 Å². The van der Waals surface area contributed by atoms with Gasteiger partial charge in [0.15, 0.2) is 0 Å². The first-order valence-corrected chi connectivity index (χ1v) is 7.95. The summed E-state index contributed by atoms with van der Waals surface area (Å²) in [5.74, 6) is -0.143. The van der Waals surface area contributed by atoms with Crippen molar-refractivity contribution in [3.05, 3.63) is 35.9 Å². The molecule has 0 aromatic heterocycles. The van der Waals surface area contributed by atoms with E-state index in [2.05, 4.69) is 0 Å². The molecule has 0 radical (unpaired) electrons. The lowest BCUT2D eigenvalue weighted by atomic mass is 10.2. The molecule has 0 spiro atoms. The van der Waals surface area contributed by atoms with Gasteiger partial charge in [0.1, 0.15) is 12.8 Å². The number of rotatable bonds is 8. The van der Waals surface area contributed by atoms with Crippen molar-refractivity contribution in [2.24, 2.45) is 0 Å². The van der Waals surface area contributed by atoms with E-state index < -0.39 is 6.23 Å². The third kappa shape index (κ3) is 6.13. The second kappa shape index (κ2) is 9.56. The Morgan fingerprint density at radius 3 is 2.86 bits per heavy atom. The minimum Gasteiger partial charge on any atom is -0.461 e. The molecule has 1 heterocycles. The number of aliphatic hydroxyl groups excluding tert-OH is 1. The van der Waals surface area contributed by atoms with Gasteiger partial charge < -0.3 is 14.6 Å². The molecular weight excluding hydrogens is 282 g/mol. The second-order valence-electron chi connectivity index (χ2n) is 5.55. The predicted octanol–water partition coefficient (Wildman–Crippen LogP) is 1.94. The van der Waals surface area contributed by atoms with Gasteiger partial charge in [-0.25, -0.2) is 0 Å². The summed E-state index contributed by atoms with van der Waals surface area (Å²) in [6.07, 6.45) is 2.74. The van der Waals surface area contributed by atoms with E-state index in [1.54, 1.807) is 0 Å². The molecule has 122 valence electrons. The van der Waals surface area contributed by atoms with Crippen LogP contribution in [-0.2, 0) is 20.9 Å². The number of morpholine rings is 1. The lowest BCUT2D eigenvalue weighted by molar-refractivity contribution is -0.145. The van der Waals surface area contributed by atoms with Gasteiger partial charge in [0, 0.05) is 19.5 Å². The first-order chi connectivity index (χ1) is 10.8. The molecule has 0 unspecified atom stereocenters. The van der Waals surface area contributed by atoms with Crippen LogP contribution in [0.5, 0.6) is 0 Å². The van der Waals surface area contributed by atoms with Crippen LogP contribution >= 0.6 is 0 Å². The van der Waals surface area contributed by atoms with Crippen LogP contribution in [0.15, 0.2) is 30.3 Å². The Morgan fingerprint density at radius 2 is 2.09 bits per heavy atom. The van der Waals surface area contributed by atoms with E-state index in [1.165, 1.54) is 0 Å². The zero-order valence-electron chi connectivity index (χ0n) is 12.9. The zero-order chi connectivity index (χ0) is 15.6. The molecule has 1 fully saturated rings. The van der Waals surface area contributed by atoms with Crippen molar-refractivity contribution in [1.82, 2.24) is 4.90 Å². The monoisotopic (exact) mass is 307 g/mol. The molecule has 22 heavy (non-hydrogen) atoms. The molecule has 1 aliphatic heterocycles. The Balaban J connectivity index is 1.50. The van der Waals surface area contributed by atoms with E-state index in [0.717, 1.165) is 37.9 Å². The number of unbranched alkanes of at least 4 members (excludes halogenated alkanes) is 2. The molecule has 1 aromatic carbocycles. The average Bonchev–Trinajstić information content (AvgIpc) is 2.55. The van der Waals surface area contributed by atoms with Gasteiger partial charge in [-0.2, -0.15) is 0 Å². The Labute approximate surface area is 131 Å². The number of nitrogens with zero attached hydrogens (tertiary/aromatic N) is 1. The van der Waals surface area contributed by atoms with Crippen molar-refractivity contribution in [1.29, 1.82) is 0 Å². The van der Waals surface area contributed by atoms with Crippen molar-refractivity contribution in [3.8, 4) is 0 Å². The number of hydrogen-bond donors (Lipinski definition) is 1. The smallest absolute Gasteiger partial charge is 0.306 e. The first kappa shape index (κ1) is 16.9. The van der Waals surface area contributed by atoms with Crippen molar-refractivity contribution in [2.75, 3.05) is 26.3 Å². The van der Waals surface area contributed by atoms with Gasteiger partial charge >= 0.3 is 5.97 Å². The fourth-order valence-corrected chi connectivity index (χ4v) is 2.46. The highest BCUT2D eigenvalue weighted by Gasteiger charge is 2.19. The van der Waals surface area contributed by atoms with Crippen LogP contribution in [0.25, 0.3) is 0 Å². The van der Waals surface area contributed by atoms with Gasteiger partial charge in [-0.1, -0.05) is 36.8 Å². The fourth-order valence-electron chi connectivity index (χ4n) is 2.46. The van der Waals surface area contributed by atoms with Gasteiger partial charge in [0.2, 0.25) is 0 Å². The Bertz CT molecular complexity index is 438. The molecule has 5 heteroatoms. The lowest BCUT2D eigenvalue weighted by Crippen LogP contribution is -2.45. The molecular formula is C17H25NO4. The molecule has 0 amide bonds. The molecule has 0 bridgehead atoms. The number of carbonyl (C=O) groups is 1. The first-order valence-electron chi connectivity index (χ1n) is 7.95. The van der Waals surface area contributed by atoms with Gasteiger partial charge in [0.25, 0.3) is 0 Å². The van der Waals surface area contributed by atoms with Crippen molar-refractivity contribution < 1.29 is 19.4 Å². The molecule has 1 saturated heterocycles. The zero-order valence-corrected chi connectivity index (χ0v) is 12.9. The molecule has 0 aliphatic carbocycles. The third-order valence-electron chi connectivity index (χ3n) is 3.78. The highest BCUT2D eigenvalue weighted by molar-refractivity contribution is 5.69. The summed E-state index contributed by atoms with van der Waals surface area (Å²) in [6.45, 7) is 3.05. The van der Waals surface area contributed by atoms with E-state index in [4.69, 9.17) is 9.47 Å². The van der Waals surface area contributed by atoms with Crippen LogP contribution in [0.1, 0.15) is 31.2 Å². The predicted molar refractivity (Wildman–Crippen MR) is 83.1 cm³/mol. The quantitative estimate of drug-likeness (QED) is 0.587. The molecule has 5 nitrogen and oxygen atoms in total. The van der Waals surface area contributed by atoms with Crippen molar-refractivity contribution in [3.63, 3.8) is 0 Å². The molecule has 2 rings (SSSR count). The lowest BCUT2D eigenvalue weighted by Gasteiger charge is -2.31. The van der Waals surface area contributed by atoms with Crippen LogP contribution in [0.4, 0.5) is 0 Å². The largest absolute Gasteiger partial charge is 0.461 e. The SMILES string of the molecule is O=C(CCCCCN1CCOC[C@H]1O)OCc1ccccc1. The summed E-state index contributed by atoms with van der Waals surface area (Å²) in [5, 5.41) is 9.72. The number of hydrogen-bond acceptors (Lipinski definition) is 5. The van der Waals surface area contributed by atoms with Crippen molar-refractivity contribution >= 4 is 5.97 Å². The van der Waals surface area contributed by atoms with Crippen molar-refractivity contribution in [2.45, 2.75) is 38.5 Å². The molecule has 0 saturated carbocycles. The summed E-state index contributed by atoms with van der Waals surface area (Å²) in [5.41, 5.74) is 1.01. The highest BCUT2D eigenvalue weighted by atomic mass is 16.5. The molecule has 1 aliphatic rings. The van der Waals surface area contributed by atoms with Crippen LogP contribution in [0, 0.1) is 0 Å². The second-order valence-corrected chi connectivity index (χ2v) is 5.55. The van der Waals surface area contributed by atoms with Gasteiger partial charge in [-0.05, 0) is 18.4 Å². The number of benzene rings is 1. The molecule has 1 N–H and O–H groups in total. The number of aliphatic hydroxyl groups is 1. The maximum Gasteiger partial charge on any atom is 0.306 e. The summed E-state index contributed by atoms with van der Waals surface area (Å²) >= 11 is 0. The summed E-state index contributed by atoms with van der Waals surface area (Å²) in [7, 11) is 0. The standard InChI is InChI=1S/C17H25NO4/c19-16-14-21-12-11-18(16)10-6-2-5-9-17(20)22-13-15-7-3-1-4-8-15/h1,3-4,7-8,16,19H,2,5-6,9-14H2/t16-/m1/s1. The number of esters is 1. The Kier molecular flexibility index (Phi) is 7.36. The summed E-state index contributed by atoms with van der Waals surface area (Å²) < 4.78 is 10.4. The number of carbonyl (C=O) groups excluding carboxylic acids is 1. The van der Waals surface area contributed by atoms with E-state index in [1.807, 2.05) is 35.2 Å². The summed E-state index contributed by atoms with van der Waals surface area (Å²) in [6, 6.07) is 9.70. The maximum absolute atomic E-state index is 11.6. The number of ether oxygens (including phenoxy) is 2. The van der Waals surface area contributed by atoms with Crippen LogP contribution in [0.3, 0.4) is 0 Å². The third-order valence-corrected chi connectivity index (χ3v) is 3.78. The van der Waals surface area contributed by atoms with E-state index in [0.29, 0.717) is 26.2 Å². The van der Waals surface area contributed by atoms with Gasteiger partial charge in [0.05, 0.1) is 13.2 Å². The molecule has 1 atom stereocenters. The van der Waals surface area contributed by atoms with E-state index in [9.17, 15) is 9.90 Å². The minimum atomic E-state index is -0.482. The molecule has 1 aromatic rings. The van der Waals surface area contributed by atoms with Crippen LogP contribution < -0.4 is 0 Å². The Morgan fingerprint density at radius 1 is 1.27 bits per heavy atom. The maximum atomic E-state index is 11.6. The average molecular weight is 307 g/mol. The van der Waals surface area contributed by atoms with Gasteiger partial charge in [-0.15, -0.1) is 0 Å². The van der Waals surface area contributed by atoms with E-state index in [-0.39, 0.29) is 5.97 Å².